The number of ether oxygens (including phenoxy) is 1. The summed E-state index contributed by atoms with van der Waals surface area (Å²) in [6.45, 7) is 0. The molecule has 0 heterocycles. The molecule has 0 aliphatic heterocycles. The zero-order valence-corrected chi connectivity index (χ0v) is 11.2. The molecule has 0 spiro atoms. The summed E-state index contributed by atoms with van der Waals surface area (Å²) in [4.78, 5) is 22.3. The maximum Gasteiger partial charge on any atom is 0.273 e. The summed E-state index contributed by atoms with van der Waals surface area (Å²) < 4.78 is 5.05. The van der Waals surface area contributed by atoms with Crippen LogP contribution in [-0.4, -0.2) is 17.9 Å². The molecule has 0 atom stereocenters. The quantitative estimate of drug-likeness (QED) is 0.510. The van der Waals surface area contributed by atoms with Gasteiger partial charge in [-0.3, -0.25) is 14.9 Å². The number of nitrogens with one attached hydrogen (secondary N) is 1. The van der Waals surface area contributed by atoms with Crippen LogP contribution in [0.2, 0.25) is 0 Å². The predicted octanol–water partition coefficient (Wildman–Crippen LogP) is 2.44. The Hall–Kier alpha value is -3.09. The van der Waals surface area contributed by atoms with Gasteiger partial charge in [0, 0.05) is 17.3 Å². The van der Waals surface area contributed by atoms with Gasteiger partial charge in [0.2, 0.25) is 0 Å². The van der Waals surface area contributed by atoms with Crippen LogP contribution < -0.4 is 15.8 Å². The number of nitro benzene ring substituents is 1. The first-order valence-corrected chi connectivity index (χ1v) is 6.00. The SMILES string of the molecule is COc1cc([N+](=O)[O-])ccc1NC(=O)c1cccc(N)c1. The number of hydrogen-bond donors (Lipinski definition) is 2. The van der Waals surface area contributed by atoms with Crippen LogP contribution in [0.3, 0.4) is 0 Å². The van der Waals surface area contributed by atoms with E-state index in [1.165, 1.54) is 31.4 Å². The number of anilines is 2. The van der Waals surface area contributed by atoms with E-state index in [1.54, 1.807) is 18.2 Å². The Balaban J connectivity index is 2.27. The summed E-state index contributed by atoms with van der Waals surface area (Å²) in [7, 11) is 1.37. The first-order chi connectivity index (χ1) is 10.0. The molecule has 1 amide bonds. The molecule has 0 fully saturated rings. The lowest BCUT2D eigenvalue weighted by atomic mass is 10.2. The number of nitrogen functional groups attached to an aromatic ring is 1. The van der Waals surface area contributed by atoms with E-state index in [0.29, 0.717) is 16.9 Å². The highest BCUT2D eigenvalue weighted by atomic mass is 16.6. The van der Waals surface area contributed by atoms with Crippen molar-refractivity contribution < 1.29 is 14.5 Å². The maximum atomic E-state index is 12.1. The maximum absolute atomic E-state index is 12.1. The van der Waals surface area contributed by atoms with Crippen LogP contribution in [0.25, 0.3) is 0 Å². The van der Waals surface area contributed by atoms with Crippen molar-refractivity contribution in [2.75, 3.05) is 18.2 Å². The minimum Gasteiger partial charge on any atom is -0.494 e. The molecule has 21 heavy (non-hydrogen) atoms. The summed E-state index contributed by atoms with van der Waals surface area (Å²) >= 11 is 0. The van der Waals surface area contributed by atoms with Crippen molar-refractivity contribution in [2.24, 2.45) is 0 Å². The molecule has 2 aromatic carbocycles. The monoisotopic (exact) mass is 287 g/mol. The van der Waals surface area contributed by atoms with Crippen molar-refractivity contribution in [3.8, 4) is 5.75 Å². The summed E-state index contributed by atoms with van der Waals surface area (Å²) in [6.07, 6.45) is 0. The lowest BCUT2D eigenvalue weighted by Crippen LogP contribution is -2.13. The number of nitrogens with zero attached hydrogens (tertiary/aromatic N) is 1. The third kappa shape index (κ3) is 3.27. The molecule has 7 heteroatoms. The number of benzene rings is 2. The lowest BCUT2D eigenvalue weighted by molar-refractivity contribution is -0.384. The number of rotatable bonds is 4. The minimum absolute atomic E-state index is 0.117. The summed E-state index contributed by atoms with van der Waals surface area (Å²) in [5.74, 6) is -0.170. The molecular weight excluding hydrogens is 274 g/mol. The molecule has 0 unspecified atom stereocenters. The van der Waals surface area contributed by atoms with E-state index in [0.717, 1.165) is 0 Å². The van der Waals surface area contributed by atoms with Gasteiger partial charge in [-0.1, -0.05) is 6.07 Å². The molecule has 108 valence electrons. The molecule has 0 aromatic heterocycles. The van der Waals surface area contributed by atoms with Crippen LogP contribution in [0.4, 0.5) is 17.1 Å². The molecule has 2 aromatic rings. The van der Waals surface area contributed by atoms with Crippen LogP contribution in [0.1, 0.15) is 10.4 Å². The highest BCUT2D eigenvalue weighted by Gasteiger charge is 2.14. The molecule has 0 aliphatic carbocycles. The van der Waals surface area contributed by atoms with Gasteiger partial charge in [0.05, 0.1) is 23.8 Å². The second-order valence-electron chi connectivity index (χ2n) is 4.22. The summed E-state index contributed by atoms with van der Waals surface area (Å²) in [5.41, 5.74) is 6.70. The first kappa shape index (κ1) is 14.3. The zero-order valence-electron chi connectivity index (χ0n) is 11.2. The number of nitro groups is 1. The highest BCUT2D eigenvalue weighted by molar-refractivity contribution is 6.05. The summed E-state index contributed by atoms with van der Waals surface area (Å²) in [5, 5.41) is 13.3. The average Bonchev–Trinajstić information content (AvgIpc) is 2.47. The van der Waals surface area contributed by atoms with E-state index in [9.17, 15) is 14.9 Å². The first-order valence-electron chi connectivity index (χ1n) is 6.00. The van der Waals surface area contributed by atoms with Gasteiger partial charge in [0.15, 0.2) is 0 Å². The Morgan fingerprint density at radius 2 is 2.05 bits per heavy atom. The van der Waals surface area contributed by atoms with Gasteiger partial charge in [-0.15, -0.1) is 0 Å². The van der Waals surface area contributed by atoms with E-state index >= 15 is 0 Å². The third-order valence-corrected chi connectivity index (χ3v) is 2.79. The number of hydrogen-bond acceptors (Lipinski definition) is 5. The summed E-state index contributed by atoms with van der Waals surface area (Å²) in [6, 6.07) is 10.4. The third-order valence-electron chi connectivity index (χ3n) is 2.79. The van der Waals surface area contributed by atoms with Crippen molar-refractivity contribution >= 4 is 23.0 Å². The van der Waals surface area contributed by atoms with Gasteiger partial charge in [0.1, 0.15) is 5.75 Å². The number of carbonyl (C=O) groups excluding carboxylic acids is 1. The van der Waals surface area contributed by atoms with Crippen molar-refractivity contribution in [1.82, 2.24) is 0 Å². The van der Waals surface area contributed by atoms with E-state index in [-0.39, 0.29) is 17.3 Å². The molecule has 3 N–H and O–H groups in total. The normalized spacial score (nSPS) is 9.95. The van der Waals surface area contributed by atoms with Crippen LogP contribution in [-0.2, 0) is 0 Å². The van der Waals surface area contributed by atoms with Crippen molar-refractivity contribution in [3.05, 3.63) is 58.1 Å². The van der Waals surface area contributed by atoms with E-state index in [1.807, 2.05) is 0 Å². The number of nitrogens with two attached hydrogens (primary N) is 1. The Kier molecular flexibility index (Phi) is 4.03. The van der Waals surface area contributed by atoms with E-state index < -0.39 is 4.92 Å². The van der Waals surface area contributed by atoms with Crippen molar-refractivity contribution in [3.63, 3.8) is 0 Å². The standard InChI is InChI=1S/C14H13N3O4/c1-21-13-8-11(17(19)20)5-6-12(13)16-14(18)9-3-2-4-10(15)7-9/h2-8H,15H2,1H3,(H,16,18). The number of methoxy groups -OCH3 is 1. The van der Waals surface area contributed by atoms with Crippen LogP contribution in [0, 0.1) is 10.1 Å². The Labute approximate surface area is 120 Å². The minimum atomic E-state index is -0.536. The number of non-ortho nitro benzene ring substituents is 1. The topological polar surface area (TPSA) is 107 Å². The second-order valence-corrected chi connectivity index (χ2v) is 4.22. The zero-order chi connectivity index (χ0) is 15.4. The highest BCUT2D eigenvalue weighted by Crippen LogP contribution is 2.29. The Morgan fingerprint density at radius 3 is 2.67 bits per heavy atom. The fourth-order valence-electron chi connectivity index (χ4n) is 1.77. The average molecular weight is 287 g/mol. The Bertz CT molecular complexity index is 700. The van der Waals surface area contributed by atoms with Crippen LogP contribution in [0.5, 0.6) is 5.75 Å². The molecule has 0 aliphatic rings. The molecule has 0 bridgehead atoms. The van der Waals surface area contributed by atoms with Gasteiger partial charge >= 0.3 is 0 Å². The van der Waals surface area contributed by atoms with Gasteiger partial charge < -0.3 is 15.8 Å². The van der Waals surface area contributed by atoms with Gasteiger partial charge in [-0.25, -0.2) is 0 Å². The van der Waals surface area contributed by atoms with E-state index in [2.05, 4.69) is 5.32 Å². The van der Waals surface area contributed by atoms with Crippen molar-refractivity contribution in [1.29, 1.82) is 0 Å². The van der Waals surface area contributed by atoms with Crippen LogP contribution >= 0.6 is 0 Å². The van der Waals surface area contributed by atoms with Crippen molar-refractivity contribution in [2.45, 2.75) is 0 Å². The molecule has 2 rings (SSSR count). The van der Waals surface area contributed by atoms with Gasteiger partial charge in [0.25, 0.3) is 11.6 Å². The molecule has 0 radical (unpaired) electrons. The molecule has 0 saturated carbocycles. The largest absolute Gasteiger partial charge is 0.494 e. The van der Waals surface area contributed by atoms with Gasteiger partial charge in [-0.2, -0.15) is 0 Å². The molecule has 7 nitrogen and oxygen atoms in total. The lowest BCUT2D eigenvalue weighted by Gasteiger charge is -2.10. The predicted molar refractivity (Wildman–Crippen MR) is 78.5 cm³/mol. The Morgan fingerprint density at radius 1 is 1.29 bits per heavy atom. The molecule has 0 saturated heterocycles. The molecular formula is C14H13N3O4. The fourth-order valence-corrected chi connectivity index (χ4v) is 1.77. The van der Waals surface area contributed by atoms with E-state index in [4.69, 9.17) is 10.5 Å². The smallest absolute Gasteiger partial charge is 0.273 e. The van der Waals surface area contributed by atoms with Gasteiger partial charge in [-0.05, 0) is 24.3 Å². The number of amides is 1. The second kappa shape index (κ2) is 5.91. The van der Waals surface area contributed by atoms with Crippen LogP contribution in [0.15, 0.2) is 42.5 Å². The number of carbonyl (C=O) groups is 1. The fraction of sp³-hybridized carbons (Fsp3) is 0.0714.